The zero-order valence-electron chi connectivity index (χ0n) is 24.9. The number of hydrogen-bond donors (Lipinski definition) is 0. The van der Waals surface area contributed by atoms with E-state index in [-0.39, 0.29) is 11.2 Å². The molecule has 0 atom stereocenters. The van der Waals surface area contributed by atoms with Gasteiger partial charge in [-0.2, -0.15) is 0 Å². The summed E-state index contributed by atoms with van der Waals surface area (Å²) in [6, 6.07) is 45.6. The maximum atomic E-state index is 6.36. The average molecular weight is 561 g/mol. The first kappa shape index (κ1) is 26.1. The van der Waals surface area contributed by atoms with E-state index in [2.05, 4.69) is 165 Å². The van der Waals surface area contributed by atoms with Crippen molar-refractivity contribution in [2.75, 3.05) is 4.90 Å². The number of nitrogens with zero attached hydrogens (tertiary/aromatic N) is 2. The Morgan fingerprint density at radius 2 is 1.09 bits per heavy atom. The summed E-state index contributed by atoms with van der Waals surface area (Å²) in [5.74, 6) is 0. The first-order chi connectivity index (χ1) is 20.8. The topological polar surface area (TPSA) is 26.6 Å². The highest BCUT2D eigenvalue weighted by Crippen LogP contribution is 2.54. The lowest BCUT2D eigenvalue weighted by Gasteiger charge is -2.32. The van der Waals surface area contributed by atoms with Gasteiger partial charge < -0.3 is 18.8 Å². The van der Waals surface area contributed by atoms with Gasteiger partial charge in [0.15, 0.2) is 0 Å². The third-order valence-corrected chi connectivity index (χ3v) is 9.38. The molecule has 3 heterocycles. The van der Waals surface area contributed by atoms with Crippen LogP contribution in [0, 0.1) is 0 Å². The fraction of sp³-hybridized carbons (Fsp3) is 0.158. The van der Waals surface area contributed by atoms with Gasteiger partial charge in [0.1, 0.15) is 0 Å². The monoisotopic (exact) mass is 560 g/mol. The Balaban J connectivity index is 1.35. The molecule has 210 valence electrons. The van der Waals surface area contributed by atoms with Gasteiger partial charge in [-0.25, -0.2) is 0 Å². The van der Waals surface area contributed by atoms with Gasteiger partial charge in [0, 0.05) is 33.5 Å². The van der Waals surface area contributed by atoms with Crippen LogP contribution >= 0.6 is 0 Å². The molecule has 43 heavy (non-hydrogen) atoms. The molecule has 0 aliphatic carbocycles. The van der Waals surface area contributed by atoms with E-state index in [0.717, 1.165) is 28.2 Å². The standard InChI is InChI=1S/C38H33BN2O2/c1-37(2)38(3,4)43-39(42-37)26-22-24-28(25-23-26)40-32-19-11-8-16-29(32)35-30-17-9-12-20-33(30)41(27-14-6-5-7-15-27)36(35)31-18-10-13-21-34(31)40/h5-25H,1-4H3. The summed E-state index contributed by atoms with van der Waals surface area (Å²) in [6.07, 6.45) is 0. The van der Waals surface area contributed by atoms with E-state index in [9.17, 15) is 0 Å². The predicted octanol–water partition coefficient (Wildman–Crippen LogP) is 9.05. The second kappa shape index (κ2) is 9.47. The lowest BCUT2D eigenvalue weighted by molar-refractivity contribution is 0.00578. The van der Waals surface area contributed by atoms with Gasteiger partial charge in [-0.1, -0.05) is 84.9 Å². The number of benzene rings is 5. The minimum Gasteiger partial charge on any atom is -0.399 e. The highest BCUT2D eigenvalue weighted by Gasteiger charge is 2.51. The van der Waals surface area contributed by atoms with E-state index in [4.69, 9.17) is 9.31 Å². The maximum Gasteiger partial charge on any atom is 0.494 e. The molecular formula is C38H33BN2O2. The van der Waals surface area contributed by atoms with Crippen LogP contribution in [-0.4, -0.2) is 22.9 Å². The molecule has 1 saturated heterocycles. The van der Waals surface area contributed by atoms with Crippen molar-refractivity contribution in [1.29, 1.82) is 0 Å². The molecule has 0 amide bonds. The highest BCUT2D eigenvalue weighted by molar-refractivity contribution is 6.62. The molecule has 0 bridgehead atoms. The van der Waals surface area contributed by atoms with Crippen molar-refractivity contribution in [3.8, 4) is 28.1 Å². The lowest BCUT2D eigenvalue weighted by atomic mass is 9.79. The van der Waals surface area contributed by atoms with Gasteiger partial charge in [-0.05, 0) is 75.6 Å². The van der Waals surface area contributed by atoms with Crippen LogP contribution in [0.4, 0.5) is 17.1 Å². The number of anilines is 3. The molecule has 0 saturated carbocycles. The van der Waals surface area contributed by atoms with Crippen molar-refractivity contribution >= 4 is 40.5 Å². The summed E-state index contributed by atoms with van der Waals surface area (Å²) >= 11 is 0. The Morgan fingerprint density at radius 3 is 1.79 bits per heavy atom. The molecule has 8 rings (SSSR count). The normalized spacial score (nSPS) is 16.5. The molecule has 6 aromatic rings. The molecule has 0 spiro atoms. The minimum absolute atomic E-state index is 0.383. The van der Waals surface area contributed by atoms with Crippen molar-refractivity contribution in [3.63, 3.8) is 0 Å². The van der Waals surface area contributed by atoms with Gasteiger partial charge >= 0.3 is 7.12 Å². The molecule has 1 aromatic heterocycles. The number of fused-ring (bicyclic) bond motifs is 7. The quantitative estimate of drug-likeness (QED) is 0.202. The Hall–Kier alpha value is -4.58. The Morgan fingerprint density at radius 1 is 0.535 bits per heavy atom. The van der Waals surface area contributed by atoms with Crippen LogP contribution in [-0.2, 0) is 9.31 Å². The average Bonchev–Trinajstić information content (AvgIpc) is 3.43. The number of para-hydroxylation sites is 4. The van der Waals surface area contributed by atoms with E-state index in [0.29, 0.717) is 0 Å². The highest BCUT2D eigenvalue weighted by atomic mass is 16.7. The Labute approximate surface area is 253 Å². The van der Waals surface area contributed by atoms with Crippen LogP contribution < -0.4 is 10.4 Å². The zero-order valence-corrected chi connectivity index (χ0v) is 24.9. The van der Waals surface area contributed by atoms with Crippen LogP contribution in [0.2, 0.25) is 0 Å². The number of rotatable bonds is 3. The molecule has 0 radical (unpaired) electrons. The van der Waals surface area contributed by atoms with E-state index in [1.165, 1.54) is 33.3 Å². The van der Waals surface area contributed by atoms with Gasteiger partial charge in [0.25, 0.3) is 0 Å². The summed E-state index contributed by atoms with van der Waals surface area (Å²) in [6.45, 7) is 8.37. The van der Waals surface area contributed by atoms with Crippen molar-refractivity contribution in [1.82, 2.24) is 4.57 Å². The SMILES string of the molecule is CC1(C)OB(c2ccc(N3c4ccccc4-c4c(n(-c5ccccc5)c5ccccc45)-c4ccccc43)cc2)OC1(C)C. The zero-order chi connectivity index (χ0) is 29.3. The van der Waals surface area contributed by atoms with Crippen LogP contribution in [0.25, 0.3) is 39.0 Å². The summed E-state index contributed by atoms with van der Waals surface area (Å²) in [5.41, 5.74) is 10.8. The van der Waals surface area contributed by atoms with E-state index in [1.54, 1.807) is 0 Å². The van der Waals surface area contributed by atoms with Gasteiger partial charge in [-0.3, -0.25) is 0 Å². The van der Waals surface area contributed by atoms with E-state index in [1.807, 2.05) is 0 Å². The van der Waals surface area contributed by atoms with Crippen LogP contribution in [0.3, 0.4) is 0 Å². The van der Waals surface area contributed by atoms with Gasteiger partial charge in [0.05, 0.1) is 33.8 Å². The minimum atomic E-state index is -0.399. The van der Waals surface area contributed by atoms with E-state index < -0.39 is 7.12 Å². The Bertz CT molecular complexity index is 1980. The molecule has 1 fully saturated rings. The summed E-state index contributed by atoms with van der Waals surface area (Å²) in [5, 5.41) is 1.24. The second-order valence-electron chi connectivity index (χ2n) is 12.5. The lowest BCUT2D eigenvalue weighted by Crippen LogP contribution is -2.41. The van der Waals surface area contributed by atoms with Crippen LogP contribution in [0.15, 0.2) is 127 Å². The molecule has 2 aliphatic heterocycles. The van der Waals surface area contributed by atoms with Crippen LogP contribution in [0.5, 0.6) is 0 Å². The first-order valence-corrected chi connectivity index (χ1v) is 15.0. The predicted molar refractivity (Wildman–Crippen MR) is 178 cm³/mol. The van der Waals surface area contributed by atoms with Crippen molar-refractivity contribution < 1.29 is 9.31 Å². The summed E-state index contributed by atoms with van der Waals surface area (Å²) in [7, 11) is -0.399. The Kier molecular flexibility index (Phi) is 5.74. The molecule has 5 heteroatoms. The molecule has 5 aromatic carbocycles. The molecular weight excluding hydrogens is 527 g/mol. The summed E-state index contributed by atoms with van der Waals surface area (Å²) < 4.78 is 15.1. The van der Waals surface area contributed by atoms with Crippen molar-refractivity contribution in [2.24, 2.45) is 0 Å². The second-order valence-corrected chi connectivity index (χ2v) is 12.5. The smallest absolute Gasteiger partial charge is 0.399 e. The van der Waals surface area contributed by atoms with Crippen molar-refractivity contribution in [3.05, 3.63) is 127 Å². The fourth-order valence-electron chi connectivity index (χ4n) is 6.53. The summed E-state index contributed by atoms with van der Waals surface area (Å²) in [4.78, 5) is 2.39. The van der Waals surface area contributed by atoms with E-state index >= 15 is 0 Å². The molecule has 0 unspecified atom stereocenters. The third kappa shape index (κ3) is 3.92. The fourth-order valence-corrected chi connectivity index (χ4v) is 6.53. The third-order valence-electron chi connectivity index (χ3n) is 9.38. The van der Waals surface area contributed by atoms with Crippen LogP contribution in [0.1, 0.15) is 27.7 Å². The number of aromatic nitrogens is 1. The number of hydrogen-bond acceptors (Lipinski definition) is 3. The van der Waals surface area contributed by atoms with Gasteiger partial charge in [-0.15, -0.1) is 0 Å². The molecule has 4 nitrogen and oxygen atoms in total. The maximum absolute atomic E-state index is 6.36. The van der Waals surface area contributed by atoms with Gasteiger partial charge in [0.2, 0.25) is 0 Å². The molecule has 2 aliphatic rings. The largest absolute Gasteiger partial charge is 0.494 e. The van der Waals surface area contributed by atoms with Crippen molar-refractivity contribution in [2.45, 2.75) is 38.9 Å². The first-order valence-electron chi connectivity index (χ1n) is 15.0. The molecule has 0 N–H and O–H groups in total.